The third-order valence-electron chi connectivity index (χ3n) is 5.87. The van der Waals surface area contributed by atoms with Gasteiger partial charge in [0.15, 0.2) is 0 Å². The van der Waals surface area contributed by atoms with Crippen molar-refractivity contribution < 1.29 is 0 Å². The molecular weight excluding hydrogens is 386 g/mol. The van der Waals surface area contributed by atoms with E-state index in [9.17, 15) is 0 Å². The number of nitrogen functional groups attached to an aromatic ring is 2. The summed E-state index contributed by atoms with van der Waals surface area (Å²) >= 11 is 0. The van der Waals surface area contributed by atoms with Crippen molar-refractivity contribution in [3.63, 3.8) is 0 Å². The van der Waals surface area contributed by atoms with Gasteiger partial charge in [0.05, 0.1) is 17.6 Å². The van der Waals surface area contributed by atoms with Gasteiger partial charge in [-0.05, 0) is 50.7 Å². The number of nitrogens with one attached hydrogen (secondary N) is 1. The first kappa shape index (κ1) is 23.5. The van der Waals surface area contributed by atoms with Crippen molar-refractivity contribution >= 4 is 11.4 Å². The second-order valence-corrected chi connectivity index (χ2v) is 9.43. The Morgan fingerprint density at radius 3 is 2.16 bits per heavy atom. The number of rotatable bonds is 4. The number of nitrogens with zero attached hydrogens (tertiary/aromatic N) is 4. The van der Waals surface area contributed by atoms with Gasteiger partial charge in [0.1, 0.15) is 0 Å². The van der Waals surface area contributed by atoms with Crippen LogP contribution < -0.4 is 16.8 Å². The summed E-state index contributed by atoms with van der Waals surface area (Å²) in [4.78, 5) is 11.6. The molecule has 1 aromatic carbocycles. The highest BCUT2D eigenvalue weighted by atomic mass is 15.2. The number of hydrogen-bond donors (Lipinski definition) is 3. The molecule has 5 N–H and O–H groups in total. The van der Waals surface area contributed by atoms with E-state index in [0.717, 1.165) is 76.0 Å². The van der Waals surface area contributed by atoms with Gasteiger partial charge in [0.25, 0.3) is 0 Å². The maximum absolute atomic E-state index is 5.68. The summed E-state index contributed by atoms with van der Waals surface area (Å²) in [6.45, 7) is 14.3. The van der Waals surface area contributed by atoms with Gasteiger partial charge in [-0.1, -0.05) is 12.1 Å². The van der Waals surface area contributed by atoms with Gasteiger partial charge in [-0.25, -0.2) is 0 Å². The molecule has 170 valence electrons. The SMILES string of the molecule is CC1(C)CN(Cc2ccc(N)cc2)CCN1.CN1CCN(Cc2ccc(N)cn2)CC1. The number of nitrogens with two attached hydrogens (primary N) is 2. The largest absolute Gasteiger partial charge is 0.399 e. The van der Waals surface area contributed by atoms with Gasteiger partial charge in [-0.3, -0.25) is 14.8 Å². The molecule has 7 heteroatoms. The van der Waals surface area contributed by atoms with Crippen LogP contribution in [-0.4, -0.2) is 78.1 Å². The van der Waals surface area contributed by atoms with Crippen LogP contribution in [0.15, 0.2) is 42.6 Å². The lowest BCUT2D eigenvalue weighted by molar-refractivity contribution is 0.147. The predicted molar refractivity (Wildman–Crippen MR) is 130 cm³/mol. The third kappa shape index (κ3) is 8.10. The highest BCUT2D eigenvalue weighted by Crippen LogP contribution is 2.14. The van der Waals surface area contributed by atoms with Crippen LogP contribution in [0.5, 0.6) is 0 Å². The van der Waals surface area contributed by atoms with Crippen molar-refractivity contribution in [1.82, 2.24) is 25.0 Å². The number of pyridine rings is 1. The standard InChI is InChI=1S/C13H21N3.C11H18N4/c1-13(2)10-16(8-7-15-13)9-11-3-5-12(14)6-4-11;1-14-4-6-15(7-5-14)9-11-3-2-10(12)8-13-11/h3-6,15H,7-10,14H2,1-2H3;2-3,8H,4-7,9,12H2,1H3. The molecule has 0 saturated carbocycles. The highest BCUT2D eigenvalue weighted by Gasteiger charge is 2.25. The Labute approximate surface area is 187 Å². The molecule has 2 aromatic rings. The Kier molecular flexibility index (Phi) is 8.26. The van der Waals surface area contributed by atoms with Crippen LogP contribution >= 0.6 is 0 Å². The van der Waals surface area contributed by atoms with Crippen LogP contribution in [-0.2, 0) is 13.1 Å². The monoisotopic (exact) mass is 425 g/mol. The zero-order valence-electron chi connectivity index (χ0n) is 19.3. The summed E-state index contributed by atoms with van der Waals surface area (Å²) in [5, 5.41) is 3.52. The van der Waals surface area contributed by atoms with Crippen molar-refractivity contribution in [3.05, 3.63) is 53.9 Å². The van der Waals surface area contributed by atoms with E-state index in [4.69, 9.17) is 11.5 Å². The summed E-state index contributed by atoms with van der Waals surface area (Å²) in [6, 6.07) is 12.1. The second kappa shape index (κ2) is 10.9. The molecule has 0 aliphatic carbocycles. The Balaban J connectivity index is 0.000000176. The average molecular weight is 426 g/mol. The number of anilines is 2. The van der Waals surface area contributed by atoms with Crippen molar-refractivity contribution in [2.24, 2.45) is 0 Å². The molecule has 3 heterocycles. The molecule has 0 radical (unpaired) electrons. The van der Waals surface area contributed by atoms with E-state index in [1.54, 1.807) is 6.20 Å². The van der Waals surface area contributed by atoms with Gasteiger partial charge in [0, 0.05) is 70.1 Å². The van der Waals surface area contributed by atoms with Crippen LogP contribution in [0.25, 0.3) is 0 Å². The lowest BCUT2D eigenvalue weighted by Crippen LogP contribution is -2.56. The lowest BCUT2D eigenvalue weighted by Gasteiger charge is -2.39. The van der Waals surface area contributed by atoms with Crippen molar-refractivity contribution in [1.29, 1.82) is 0 Å². The molecule has 0 bridgehead atoms. The lowest BCUT2D eigenvalue weighted by atomic mass is 10.0. The maximum atomic E-state index is 5.68. The highest BCUT2D eigenvalue weighted by molar-refractivity contribution is 5.39. The Morgan fingerprint density at radius 1 is 0.871 bits per heavy atom. The Bertz CT molecular complexity index is 781. The topological polar surface area (TPSA) is 86.7 Å². The fourth-order valence-electron chi connectivity index (χ4n) is 4.03. The van der Waals surface area contributed by atoms with E-state index in [0.29, 0.717) is 0 Å². The normalized spacial score (nSPS) is 20.1. The van der Waals surface area contributed by atoms with E-state index < -0.39 is 0 Å². The van der Waals surface area contributed by atoms with Crippen molar-refractivity contribution in [3.8, 4) is 0 Å². The van der Waals surface area contributed by atoms with E-state index in [2.05, 4.69) is 58.0 Å². The summed E-state index contributed by atoms with van der Waals surface area (Å²) in [5.41, 5.74) is 15.5. The van der Waals surface area contributed by atoms with Crippen LogP contribution in [0.1, 0.15) is 25.1 Å². The number of hydrogen-bond acceptors (Lipinski definition) is 7. The minimum Gasteiger partial charge on any atom is -0.399 e. The van der Waals surface area contributed by atoms with E-state index >= 15 is 0 Å². The summed E-state index contributed by atoms with van der Waals surface area (Å²) in [5.74, 6) is 0. The molecular formula is C24H39N7. The zero-order valence-corrected chi connectivity index (χ0v) is 19.3. The molecule has 7 nitrogen and oxygen atoms in total. The number of likely N-dealkylation sites (N-methyl/N-ethyl adjacent to an activating group) is 1. The third-order valence-corrected chi connectivity index (χ3v) is 5.87. The van der Waals surface area contributed by atoms with E-state index in [1.807, 2.05) is 24.3 Å². The molecule has 0 amide bonds. The first-order valence-corrected chi connectivity index (χ1v) is 11.2. The Hall–Kier alpha value is -2.19. The fourth-order valence-corrected chi connectivity index (χ4v) is 4.03. The molecule has 0 unspecified atom stereocenters. The predicted octanol–water partition coefficient (Wildman–Crippen LogP) is 1.86. The molecule has 31 heavy (non-hydrogen) atoms. The van der Waals surface area contributed by atoms with Gasteiger partial charge < -0.3 is 21.7 Å². The van der Waals surface area contributed by atoms with Crippen LogP contribution in [0.4, 0.5) is 11.4 Å². The summed E-state index contributed by atoms with van der Waals surface area (Å²) < 4.78 is 0. The molecule has 2 aliphatic heterocycles. The summed E-state index contributed by atoms with van der Waals surface area (Å²) in [7, 11) is 2.17. The molecule has 1 aromatic heterocycles. The van der Waals surface area contributed by atoms with Crippen LogP contribution in [0, 0.1) is 0 Å². The maximum Gasteiger partial charge on any atom is 0.0545 e. The fraction of sp³-hybridized carbons (Fsp3) is 0.542. The van der Waals surface area contributed by atoms with Gasteiger partial charge in [-0.2, -0.15) is 0 Å². The van der Waals surface area contributed by atoms with Crippen molar-refractivity contribution in [2.45, 2.75) is 32.5 Å². The Morgan fingerprint density at radius 2 is 1.55 bits per heavy atom. The minimum absolute atomic E-state index is 0.228. The average Bonchev–Trinajstić information content (AvgIpc) is 2.73. The summed E-state index contributed by atoms with van der Waals surface area (Å²) in [6.07, 6.45) is 1.73. The quantitative estimate of drug-likeness (QED) is 0.645. The smallest absolute Gasteiger partial charge is 0.0545 e. The number of aromatic nitrogens is 1. The molecule has 2 aliphatic rings. The van der Waals surface area contributed by atoms with E-state index in [1.165, 1.54) is 5.56 Å². The number of benzene rings is 1. The molecule has 0 atom stereocenters. The first-order chi connectivity index (χ1) is 14.8. The van der Waals surface area contributed by atoms with Gasteiger partial charge in [-0.15, -0.1) is 0 Å². The number of piperazine rings is 2. The molecule has 4 rings (SSSR count). The minimum atomic E-state index is 0.228. The van der Waals surface area contributed by atoms with E-state index in [-0.39, 0.29) is 5.54 Å². The van der Waals surface area contributed by atoms with Gasteiger partial charge in [0.2, 0.25) is 0 Å². The molecule has 2 fully saturated rings. The van der Waals surface area contributed by atoms with Gasteiger partial charge >= 0.3 is 0 Å². The van der Waals surface area contributed by atoms with Crippen LogP contribution in [0.3, 0.4) is 0 Å². The first-order valence-electron chi connectivity index (χ1n) is 11.2. The zero-order chi connectivity index (χ0) is 22.3. The van der Waals surface area contributed by atoms with Crippen LogP contribution in [0.2, 0.25) is 0 Å². The molecule has 2 saturated heterocycles. The molecule has 0 spiro atoms. The van der Waals surface area contributed by atoms with Crippen molar-refractivity contribution in [2.75, 3.05) is 64.3 Å². The second-order valence-electron chi connectivity index (χ2n) is 9.43.